The van der Waals surface area contributed by atoms with Crippen molar-refractivity contribution in [2.75, 3.05) is 13.7 Å². The van der Waals surface area contributed by atoms with Crippen LogP contribution in [0.3, 0.4) is 0 Å². The maximum atomic E-state index is 13.4. The topological polar surface area (TPSA) is 94.6 Å². The number of para-hydroxylation sites is 1. The molecule has 1 aliphatic rings. The van der Waals surface area contributed by atoms with E-state index in [1.165, 1.54) is 7.11 Å². The van der Waals surface area contributed by atoms with Crippen LogP contribution in [0.5, 0.6) is 0 Å². The maximum absolute atomic E-state index is 13.4. The molecule has 7 heteroatoms. The van der Waals surface area contributed by atoms with Gasteiger partial charge in [0.2, 0.25) is 0 Å². The number of nitrogens with zero attached hydrogens (tertiary/aromatic N) is 1. The molecule has 1 fully saturated rings. The molecule has 206 valence electrons. The molecule has 0 aliphatic heterocycles. The SMILES string of the molecule is COC(=O)c1ccc(-c2cc(C(=O)NC[C@H]3CC[C@H](CCC(=O)OC(C)(C)C)CC3)c3ccccc3n2)cc1. The molecule has 7 nitrogen and oxygen atoms in total. The van der Waals surface area contributed by atoms with E-state index in [0.717, 1.165) is 48.6 Å². The Labute approximate surface area is 230 Å². The fourth-order valence-electron chi connectivity index (χ4n) is 5.18. The van der Waals surface area contributed by atoms with Gasteiger partial charge < -0.3 is 14.8 Å². The molecule has 1 aromatic heterocycles. The van der Waals surface area contributed by atoms with Crippen LogP contribution in [-0.4, -0.2) is 42.1 Å². The first kappa shape index (κ1) is 28.3. The highest BCUT2D eigenvalue weighted by Crippen LogP contribution is 2.32. The van der Waals surface area contributed by atoms with Crippen molar-refractivity contribution in [3.63, 3.8) is 0 Å². The Balaban J connectivity index is 1.37. The minimum Gasteiger partial charge on any atom is -0.465 e. The molecule has 3 aromatic rings. The van der Waals surface area contributed by atoms with Crippen molar-refractivity contribution in [2.24, 2.45) is 11.8 Å². The molecule has 0 bridgehead atoms. The molecule has 0 unspecified atom stereocenters. The highest BCUT2D eigenvalue weighted by molar-refractivity contribution is 6.07. The second-order valence-electron chi connectivity index (χ2n) is 11.4. The number of fused-ring (bicyclic) bond motifs is 1. The van der Waals surface area contributed by atoms with Crippen LogP contribution in [0, 0.1) is 11.8 Å². The van der Waals surface area contributed by atoms with E-state index in [1.54, 1.807) is 12.1 Å². The minimum absolute atomic E-state index is 0.118. The van der Waals surface area contributed by atoms with E-state index in [4.69, 9.17) is 14.5 Å². The van der Waals surface area contributed by atoms with E-state index < -0.39 is 11.6 Å². The summed E-state index contributed by atoms with van der Waals surface area (Å²) in [6, 6.07) is 16.5. The van der Waals surface area contributed by atoms with E-state index in [0.29, 0.717) is 41.6 Å². The number of pyridine rings is 1. The number of carbonyl (C=O) groups is 3. The number of hydrogen-bond donors (Lipinski definition) is 1. The van der Waals surface area contributed by atoms with Crippen molar-refractivity contribution in [2.45, 2.75) is 64.9 Å². The van der Waals surface area contributed by atoms with Gasteiger partial charge in [-0.2, -0.15) is 0 Å². The van der Waals surface area contributed by atoms with Gasteiger partial charge in [-0.15, -0.1) is 0 Å². The number of carbonyl (C=O) groups excluding carboxylic acids is 3. The monoisotopic (exact) mass is 530 g/mol. The van der Waals surface area contributed by atoms with Gasteiger partial charge in [0.15, 0.2) is 0 Å². The van der Waals surface area contributed by atoms with Gasteiger partial charge in [0.1, 0.15) is 5.60 Å². The summed E-state index contributed by atoms with van der Waals surface area (Å²) in [5, 5.41) is 3.96. The lowest BCUT2D eigenvalue weighted by Crippen LogP contribution is -2.31. The number of nitrogens with one attached hydrogen (secondary N) is 1. The lowest BCUT2D eigenvalue weighted by Gasteiger charge is -2.29. The zero-order chi connectivity index (χ0) is 28.0. The molecule has 1 saturated carbocycles. The van der Waals surface area contributed by atoms with E-state index in [9.17, 15) is 14.4 Å². The molecule has 2 aromatic carbocycles. The number of benzene rings is 2. The zero-order valence-corrected chi connectivity index (χ0v) is 23.3. The van der Waals surface area contributed by atoms with Gasteiger partial charge in [-0.25, -0.2) is 9.78 Å². The van der Waals surface area contributed by atoms with Gasteiger partial charge in [0.25, 0.3) is 5.91 Å². The fourth-order valence-corrected chi connectivity index (χ4v) is 5.18. The van der Waals surface area contributed by atoms with E-state index >= 15 is 0 Å². The van der Waals surface area contributed by atoms with Gasteiger partial charge in [0.05, 0.1) is 29.4 Å². The summed E-state index contributed by atoms with van der Waals surface area (Å²) in [6.07, 6.45) is 5.52. The van der Waals surface area contributed by atoms with Crippen LogP contribution in [0.25, 0.3) is 22.2 Å². The van der Waals surface area contributed by atoms with Crippen LogP contribution in [0.1, 0.15) is 80.0 Å². The van der Waals surface area contributed by atoms with Crippen molar-refractivity contribution >= 4 is 28.7 Å². The number of aromatic nitrogens is 1. The summed E-state index contributed by atoms with van der Waals surface area (Å²) >= 11 is 0. The number of hydrogen-bond acceptors (Lipinski definition) is 6. The smallest absolute Gasteiger partial charge is 0.337 e. The normalized spacial score (nSPS) is 17.4. The van der Waals surface area contributed by atoms with Gasteiger partial charge >= 0.3 is 11.9 Å². The largest absolute Gasteiger partial charge is 0.465 e. The number of ether oxygens (including phenoxy) is 2. The second-order valence-corrected chi connectivity index (χ2v) is 11.4. The molecule has 0 spiro atoms. The molecule has 1 heterocycles. The molecule has 1 amide bonds. The summed E-state index contributed by atoms with van der Waals surface area (Å²) < 4.78 is 10.2. The molecular weight excluding hydrogens is 492 g/mol. The third-order valence-electron chi connectivity index (χ3n) is 7.26. The molecule has 0 radical (unpaired) electrons. The summed E-state index contributed by atoms with van der Waals surface area (Å²) in [7, 11) is 1.35. The van der Waals surface area contributed by atoms with E-state index in [2.05, 4.69) is 5.32 Å². The van der Waals surface area contributed by atoms with Crippen molar-refractivity contribution < 1.29 is 23.9 Å². The molecule has 1 aliphatic carbocycles. The van der Waals surface area contributed by atoms with Gasteiger partial charge in [-0.1, -0.05) is 43.2 Å². The van der Waals surface area contributed by atoms with Crippen LogP contribution < -0.4 is 5.32 Å². The average molecular weight is 531 g/mol. The lowest BCUT2D eigenvalue weighted by molar-refractivity contribution is -0.155. The number of methoxy groups -OCH3 is 1. The van der Waals surface area contributed by atoms with Crippen LogP contribution in [-0.2, 0) is 14.3 Å². The lowest BCUT2D eigenvalue weighted by atomic mass is 9.80. The van der Waals surface area contributed by atoms with Crippen molar-refractivity contribution in [1.82, 2.24) is 10.3 Å². The van der Waals surface area contributed by atoms with Gasteiger partial charge in [0, 0.05) is 23.9 Å². The summed E-state index contributed by atoms with van der Waals surface area (Å²) in [5.74, 6) is 0.311. The van der Waals surface area contributed by atoms with Crippen LogP contribution in [0.15, 0.2) is 54.6 Å². The first-order valence-electron chi connectivity index (χ1n) is 13.7. The Bertz CT molecular complexity index is 1320. The molecule has 1 N–H and O–H groups in total. The van der Waals surface area contributed by atoms with Crippen molar-refractivity contribution in [3.05, 3.63) is 65.7 Å². The summed E-state index contributed by atoms with van der Waals surface area (Å²) in [4.78, 5) is 42.0. The predicted molar refractivity (Wildman–Crippen MR) is 151 cm³/mol. The number of rotatable bonds is 8. The zero-order valence-electron chi connectivity index (χ0n) is 23.3. The van der Waals surface area contributed by atoms with Crippen LogP contribution in [0.4, 0.5) is 0 Å². The molecule has 4 rings (SSSR count). The Morgan fingerprint density at radius 1 is 0.949 bits per heavy atom. The van der Waals surface area contributed by atoms with Gasteiger partial charge in [-0.3, -0.25) is 9.59 Å². The first-order valence-corrected chi connectivity index (χ1v) is 13.7. The van der Waals surface area contributed by atoms with Crippen molar-refractivity contribution in [1.29, 1.82) is 0 Å². The van der Waals surface area contributed by atoms with E-state index in [1.807, 2.05) is 63.2 Å². The van der Waals surface area contributed by atoms with Crippen LogP contribution >= 0.6 is 0 Å². The van der Waals surface area contributed by atoms with Gasteiger partial charge in [-0.05, 0) is 76.1 Å². The summed E-state index contributed by atoms with van der Waals surface area (Å²) in [5.41, 5.74) is 2.82. The standard InChI is InChI=1S/C32H38N2O5/c1-32(2,3)39-29(35)18-13-21-9-11-22(12-10-21)20-33-30(36)26-19-28(34-27-8-6-5-7-25(26)27)23-14-16-24(17-15-23)31(37)38-4/h5-8,14-17,19,21-22H,9-13,18,20H2,1-4H3,(H,33,36)/t21-,22-. The Morgan fingerprint density at radius 2 is 1.62 bits per heavy atom. The quantitative estimate of drug-likeness (QED) is 0.341. The first-order chi connectivity index (χ1) is 18.6. The molecule has 0 saturated heterocycles. The molecular formula is C32H38N2O5. The van der Waals surface area contributed by atoms with Crippen molar-refractivity contribution in [3.8, 4) is 11.3 Å². The molecule has 0 atom stereocenters. The Hall–Kier alpha value is -3.74. The maximum Gasteiger partial charge on any atom is 0.337 e. The van der Waals surface area contributed by atoms with E-state index in [-0.39, 0.29) is 11.9 Å². The van der Waals surface area contributed by atoms with Crippen LogP contribution in [0.2, 0.25) is 0 Å². The Kier molecular flexibility index (Phi) is 9.00. The fraction of sp³-hybridized carbons (Fsp3) is 0.438. The average Bonchev–Trinajstić information content (AvgIpc) is 2.93. The highest BCUT2D eigenvalue weighted by Gasteiger charge is 2.24. The highest BCUT2D eigenvalue weighted by atomic mass is 16.6. The summed E-state index contributed by atoms with van der Waals surface area (Å²) in [6.45, 7) is 6.30. The number of esters is 2. The third kappa shape index (κ3) is 7.65. The predicted octanol–water partition coefficient (Wildman–Crippen LogP) is 6.35. The number of amides is 1. The minimum atomic E-state index is -0.441. The molecule has 39 heavy (non-hydrogen) atoms. The second kappa shape index (κ2) is 12.4. The Morgan fingerprint density at radius 3 is 2.28 bits per heavy atom. The third-order valence-corrected chi connectivity index (χ3v) is 7.26.